The number of hydrogen-bond acceptors (Lipinski definition) is 5. The summed E-state index contributed by atoms with van der Waals surface area (Å²) < 4.78 is 0.830. The van der Waals surface area contributed by atoms with E-state index in [2.05, 4.69) is 33.9 Å². The normalized spacial score (nSPS) is 15.6. The van der Waals surface area contributed by atoms with Gasteiger partial charge in [0.2, 0.25) is 5.91 Å². The number of fused-ring (bicyclic) bond motifs is 1. The molecule has 3 heterocycles. The van der Waals surface area contributed by atoms with Gasteiger partial charge in [-0.2, -0.15) is 0 Å². The summed E-state index contributed by atoms with van der Waals surface area (Å²) in [6.45, 7) is 6.32. The fraction of sp³-hybridized carbons (Fsp3) is 0.368. The molecule has 0 saturated carbocycles. The van der Waals surface area contributed by atoms with Crippen molar-refractivity contribution in [2.24, 2.45) is 0 Å². The van der Waals surface area contributed by atoms with E-state index in [1.54, 1.807) is 11.3 Å². The molecule has 1 aliphatic rings. The number of hydrogen-bond donors (Lipinski definition) is 1. The summed E-state index contributed by atoms with van der Waals surface area (Å²) in [5.41, 5.74) is 3.16. The number of carbonyl (C=O) groups excluding carboxylic acids is 1. The van der Waals surface area contributed by atoms with Gasteiger partial charge in [0.05, 0.1) is 21.1 Å². The number of rotatable bonds is 5. The third-order valence-corrected chi connectivity index (χ3v) is 6.76. The average molecular weight is 421 g/mol. The number of carbonyl (C=O) groups is 1. The number of halogens is 1. The Balaban J connectivity index is 1.26. The fourth-order valence-electron chi connectivity index (χ4n) is 3.20. The van der Waals surface area contributed by atoms with Gasteiger partial charge in [0.1, 0.15) is 0 Å². The standard InChI is InChI=1S/C19H21ClN4OS2/c1-13-2-4-15-16(10-13)22-19(21-15)26-12-18(25)24-8-6-23(7-9-24)11-14-3-5-17(20)27-14/h2-5,10H,6-9,11-12H2,1H3,(H,21,22). The SMILES string of the molecule is Cc1ccc2nc(SCC(=O)N3CCN(Cc4ccc(Cl)s4)CC3)[nH]c2c1. The van der Waals surface area contributed by atoms with Crippen molar-refractivity contribution in [2.45, 2.75) is 18.6 Å². The quantitative estimate of drug-likeness (QED) is 0.633. The lowest BCUT2D eigenvalue weighted by atomic mass is 10.2. The molecule has 0 bridgehead atoms. The highest BCUT2D eigenvalue weighted by Gasteiger charge is 2.21. The van der Waals surface area contributed by atoms with E-state index in [1.165, 1.54) is 22.2 Å². The highest BCUT2D eigenvalue weighted by atomic mass is 35.5. The van der Waals surface area contributed by atoms with Crippen LogP contribution in [0.5, 0.6) is 0 Å². The Kier molecular flexibility index (Phi) is 5.73. The number of amides is 1. The Hall–Kier alpha value is -1.54. The first-order valence-electron chi connectivity index (χ1n) is 8.90. The molecule has 0 spiro atoms. The van der Waals surface area contributed by atoms with Crippen LogP contribution in [0.2, 0.25) is 4.34 Å². The molecule has 0 aliphatic carbocycles. The molecule has 1 N–H and O–H groups in total. The van der Waals surface area contributed by atoms with Gasteiger partial charge in [-0.25, -0.2) is 4.98 Å². The lowest BCUT2D eigenvalue weighted by molar-refractivity contribution is -0.130. The van der Waals surface area contributed by atoms with E-state index in [0.717, 1.165) is 53.2 Å². The highest BCUT2D eigenvalue weighted by molar-refractivity contribution is 7.99. The lowest BCUT2D eigenvalue weighted by Gasteiger charge is -2.34. The van der Waals surface area contributed by atoms with E-state index in [9.17, 15) is 4.79 Å². The van der Waals surface area contributed by atoms with Gasteiger partial charge < -0.3 is 9.88 Å². The predicted octanol–water partition coefficient (Wildman–Crippen LogP) is 4.02. The highest BCUT2D eigenvalue weighted by Crippen LogP contribution is 2.24. The van der Waals surface area contributed by atoms with E-state index in [1.807, 2.05) is 23.1 Å². The van der Waals surface area contributed by atoms with Gasteiger partial charge in [0.15, 0.2) is 5.16 Å². The summed E-state index contributed by atoms with van der Waals surface area (Å²) in [4.78, 5) is 26.0. The molecular weight excluding hydrogens is 400 g/mol. The Morgan fingerprint density at radius 1 is 1.26 bits per heavy atom. The van der Waals surface area contributed by atoms with E-state index < -0.39 is 0 Å². The smallest absolute Gasteiger partial charge is 0.233 e. The van der Waals surface area contributed by atoms with Gasteiger partial charge in [0.25, 0.3) is 0 Å². The molecule has 3 aromatic rings. The summed E-state index contributed by atoms with van der Waals surface area (Å²) in [6, 6.07) is 10.2. The first-order valence-corrected chi connectivity index (χ1v) is 11.1. The third-order valence-electron chi connectivity index (χ3n) is 4.68. The second kappa shape index (κ2) is 8.22. The van der Waals surface area contributed by atoms with Gasteiger partial charge in [-0.1, -0.05) is 29.4 Å². The number of thiophene rings is 1. The Morgan fingerprint density at radius 3 is 2.81 bits per heavy atom. The van der Waals surface area contributed by atoms with Crippen molar-refractivity contribution >= 4 is 51.6 Å². The van der Waals surface area contributed by atoms with Crippen molar-refractivity contribution in [1.82, 2.24) is 19.8 Å². The summed E-state index contributed by atoms with van der Waals surface area (Å²) in [5, 5.41) is 0.803. The fourth-order valence-corrected chi connectivity index (χ4v) is 5.12. The number of aromatic amines is 1. The number of H-pyrrole nitrogens is 1. The molecule has 0 unspecified atom stereocenters. The van der Waals surface area contributed by atoms with Crippen molar-refractivity contribution in [1.29, 1.82) is 0 Å². The number of nitrogens with one attached hydrogen (secondary N) is 1. The Labute approximate surface area is 171 Å². The monoisotopic (exact) mass is 420 g/mol. The van der Waals surface area contributed by atoms with Crippen molar-refractivity contribution in [3.63, 3.8) is 0 Å². The minimum atomic E-state index is 0.176. The lowest BCUT2D eigenvalue weighted by Crippen LogP contribution is -2.48. The zero-order valence-electron chi connectivity index (χ0n) is 15.1. The molecule has 0 radical (unpaired) electrons. The third kappa shape index (κ3) is 4.66. The van der Waals surface area contributed by atoms with Gasteiger partial charge in [-0.3, -0.25) is 9.69 Å². The van der Waals surface area contributed by atoms with Crippen LogP contribution < -0.4 is 0 Å². The van der Waals surface area contributed by atoms with Crippen molar-refractivity contribution < 1.29 is 4.79 Å². The molecule has 1 fully saturated rings. The molecule has 1 aromatic carbocycles. The van der Waals surface area contributed by atoms with Crippen molar-refractivity contribution in [3.05, 3.63) is 45.1 Å². The average Bonchev–Trinajstić information content (AvgIpc) is 3.25. The molecule has 5 nitrogen and oxygen atoms in total. The topological polar surface area (TPSA) is 52.2 Å². The maximum absolute atomic E-state index is 12.5. The summed E-state index contributed by atoms with van der Waals surface area (Å²) in [5.74, 6) is 0.592. The molecule has 1 aliphatic heterocycles. The number of piperazine rings is 1. The van der Waals surface area contributed by atoms with Crippen LogP contribution in [-0.2, 0) is 11.3 Å². The number of imidazole rings is 1. The van der Waals surface area contributed by atoms with Gasteiger partial charge >= 0.3 is 0 Å². The van der Waals surface area contributed by atoms with Gasteiger partial charge in [0, 0.05) is 37.6 Å². The molecule has 0 atom stereocenters. The molecule has 1 saturated heterocycles. The zero-order valence-corrected chi connectivity index (χ0v) is 17.5. The summed E-state index contributed by atoms with van der Waals surface area (Å²) in [6.07, 6.45) is 0. The van der Waals surface area contributed by atoms with Crippen LogP contribution in [-0.4, -0.2) is 57.6 Å². The Bertz CT molecular complexity index is 946. The van der Waals surface area contributed by atoms with Crippen LogP contribution in [0.15, 0.2) is 35.5 Å². The van der Waals surface area contributed by atoms with Crippen LogP contribution in [0.25, 0.3) is 11.0 Å². The Morgan fingerprint density at radius 2 is 2.07 bits per heavy atom. The molecule has 27 heavy (non-hydrogen) atoms. The van der Waals surface area contributed by atoms with Crippen LogP contribution in [0.1, 0.15) is 10.4 Å². The second-order valence-electron chi connectivity index (χ2n) is 6.71. The van der Waals surface area contributed by atoms with Crippen LogP contribution in [0.3, 0.4) is 0 Å². The zero-order chi connectivity index (χ0) is 18.8. The maximum Gasteiger partial charge on any atom is 0.233 e. The summed E-state index contributed by atoms with van der Waals surface area (Å²) >= 11 is 9.10. The largest absolute Gasteiger partial charge is 0.339 e. The van der Waals surface area contributed by atoms with E-state index in [0.29, 0.717) is 5.75 Å². The first kappa shape index (κ1) is 18.8. The second-order valence-corrected chi connectivity index (χ2v) is 9.48. The van der Waals surface area contributed by atoms with Crippen molar-refractivity contribution in [2.75, 3.05) is 31.9 Å². The van der Waals surface area contributed by atoms with E-state index in [4.69, 9.17) is 11.6 Å². The number of thioether (sulfide) groups is 1. The molecule has 142 valence electrons. The predicted molar refractivity (Wildman–Crippen MR) is 113 cm³/mol. The van der Waals surface area contributed by atoms with Crippen LogP contribution >= 0.6 is 34.7 Å². The number of nitrogens with zero attached hydrogens (tertiary/aromatic N) is 3. The molecule has 2 aromatic heterocycles. The van der Waals surface area contributed by atoms with E-state index >= 15 is 0 Å². The number of aromatic nitrogens is 2. The molecule has 1 amide bonds. The minimum Gasteiger partial charge on any atom is -0.339 e. The molecule has 4 rings (SSSR count). The first-order chi connectivity index (χ1) is 13.1. The van der Waals surface area contributed by atoms with Gasteiger partial charge in [-0.05, 0) is 36.8 Å². The van der Waals surface area contributed by atoms with Crippen LogP contribution in [0.4, 0.5) is 0 Å². The minimum absolute atomic E-state index is 0.176. The molecular formula is C19H21ClN4OS2. The van der Waals surface area contributed by atoms with Gasteiger partial charge in [-0.15, -0.1) is 11.3 Å². The van der Waals surface area contributed by atoms with Crippen molar-refractivity contribution in [3.8, 4) is 0 Å². The van der Waals surface area contributed by atoms with E-state index in [-0.39, 0.29) is 5.91 Å². The molecule has 8 heteroatoms. The van der Waals surface area contributed by atoms with Crippen LogP contribution in [0, 0.1) is 6.92 Å². The number of benzene rings is 1. The number of aryl methyl sites for hydroxylation is 1. The summed E-state index contributed by atoms with van der Waals surface area (Å²) in [7, 11) is 0. The maximum atomic E-state index is 12.5.